The monoisotopic (exact) mass is 302 g/mol. The van der Waals surface area contributed by atoms with Crippen molar-refractivity contribution in [2.45, 2.75) is 0 Å². The van der Waals surface area contributed by atoms with E-state index < -0.39 is 0 Å². The molecular weight excluding hydrogens is 288 g/mol. The van der Waals surface area contributed by atoms with Crippen LogP contribution in [0.3, 0.4) is 0 Å². The molecule has 0 aliphatic rings. The first-order valence-corrected chi connectivity index (χ1v) is 7.32. The van der Waals surface area contributed by atoms with E-state index in [1.165, 1.54) is 17.4 Å². The predicted molar refractivity (Wildman–Crippen MR) is 84.6 cm³/mol. The third kappa shape index (κ3) is 2.57. The first-order chi connectivity index (χ1) is 10.2. The molecule has 2 aromatic carbocycles. The number of rotatable bonds is 4. The average Bonchev–Trinajstić information content (AvgIpc) is 2.47. The summed E-state index contributed by atoms with van der Waals surface area (Å²) in [6.07, 6.45) is 0. The summed E-state index contributed by atoms with van der Waals surface area (Å²) in [6.45, 7) is 0.858. The highest BCUT2D eigenvalue weighted by atomic mass is 32.1. The molecule has 21 heavy (non-hydrogen) atoms. The zero-order valence-corrected chi connectivity index (χ0v) is 12.3. The van der Waals surface area contributed by atoms with Gasteiger partial charge in [-0.05, 0) is 18.2 Å². The number of hydrogen-bond donors (Lipinski definition) is 1. The van der Waals surface area contributed by atoms with E-state index in [0.29, 0.717) is 34.4 Å². The topological polar surface area (TPSA) is 55.8 Å². The molecule has 108 valence electrons. The van der Waals surface area contributed by atoms with Crippen LogP contribution in [-0.2, 0) is 4.74 Å². The summed E-state index contributed by atoms with van der Waals surface area (Å²) >= 11 is 1.46. The molecule has 0 spiro atoms. The van der Waals surface area contributed by atoms with Gasteiger partial charge in [-0.25, -0.2) is 0 Å². The maximum absolute atomic E-state index is 12.5. The lowest BCUT2D eigenvalue weighted by molar-refractivity contribution is 0.146. The van der Waals surface area contributed by atoms with Gasteiger partial charge in [-0.1, -0.05) is 12.1 Å². The highest BCUT2D eigenvalue weighted by Crippen LogP contribution is 2.33. The SMILES string of the molecule is COCCOc1cc(O)c2c(=O)c3ccccc3sc2c1. The standard InChI is InChI=1S/C16H14O4S/c1-19-6-7-20-10-8-12(17)15-14(9-10)21-13-5-3-2-4-11(13)16(15)18/h2-5,8-9,17H,6-7H2,1H3. The summed E-state index contributed by atoms with van der Waals surface area (Å²) in [6, 6.07) is 10.6. The molecular formula is C16H14O4S. The van der Waals surface area contributed by atoms with Gasteiger partial charge in [0.2, 0.25) is 0 Å². The molecule has 0 aliphatic carbocycles. The Balaban J connectivity index is 2.18. The van der Waals surface area contributed by atoms with E-state index in [-0.39, 0.29) is 11.2 Å². The third-order valence-corrected chi connectivity index (χ3v) is 4.31. The number of benzene rings is 2. The van der Waals surface area contributed by atoms with Gasteiger partial charge < -0.3 is 14.6 Å². The molecule has 0 unspecified atom stereocenters. The Morgan fingerprint density at radius 3 is 2.76 bits per heavy atom. The molecule has 0 aliphatic heterocycles. The summed E-state index contributed by atoms with van der Waals surface area (Å²) in [5.74, 6) is 0.481. The molecule has 0 fully saturated rings. The fourth-order valence-corrected chi connectivity index (χ4v) is 3.34. The van der Waals surface area contributed by atoms with Gasteiger partial charge in [-0.15, -0.1) is 11.3 Å². The van der Waals surface area contributed by atoms with Crippen LogP contribution < -0.4 is 10.2 Å². The smallest absolute Gasteiger partial charge is 0.199 e. The fourth-order valence-electron chi connectivity index (χ4n) is 2.21. The van der Waals surface area contributed by atoms with Gasteiger partial charge in [0.05, 0.1) is 12.0 Å². The van der Waals surface area contributed by atoms with Crippen LogP contribution in [0.4, 0.5) is 0 Å². The van der Waals surface area contributed by atoms with Gasteiger partial charge in [0.15, 0.2) is 5.43 Å². The molecule has 0 amide bonds. The van der Waals surface area contributed by atoms with E-state index in [2.05, 4.69) is 0 Å². The Labute approximate surface area is 125 Å². The minimum Gasteiger partial charge on any atom is -0.507 e. The van der Waals surface area contributed by atoms with Crippen molar-refractivity contribution < 1.29 is 14.6 Å². The molecule has 0 bridgehead atoms. The molecule has 3 rings (SSSR count). The fraction of sp³-hybridized carbons (Fsp3) is 0.188. The van der Waals surface area contributed by atoms with Crippen LogP contribution in [0.25, 0.3) is 20.2 Å². The largest absolute Gasteiger partial charge is 0.507 e. The van der Waals surface area contributed by atoms with E-state index in [4.69, 9.17) is 9.47 Å². The molecule has 4 nitrogen and oxygen atoms in total. The van der Waals surface area contributed by atoms with Crippen LogP contribution in [0.2, 0.25) is 0 Å². The first kappa shape index (κ1) is 13.9. The highest BCUT2D eigenvalue weighted by Gasteiger charge is 2.11. The van der Waals surface area contributed by atoms with Crippen LogP contribution in [-0.4, -0.2) is 25.4 Å². The van der Waals surface area contributed by atoms with Gasteiger partial charge in [0.1, 0.15) is 18.1 Å². The highest BCUT2D eigenvalue weighted by molar-refractivity contribution is 7.24. The maximum Gasteiger partial charge on any atom is 0.199 e. The number of phenols is 1. The van der Waals surface area contributed by atoms with E-state index in [0.717, 1.165) is 4.70 Å². The molecule has 5 heteroatoms. The minimum atomic E-state index is -0.153. The van der Waals surface area contributed by atoms with Gasteiger partial charge in [0, 0.05) is 28.0 Å². The van der Waals surface area contributed by atoms with Crippen LogP contribution in [0, 0.1) is 0 Å². The summed E-state index contributed by atoms with van der Waals surface area (Å²) in [5, 5.41) is 11.1. The van der Waals surface area contributed by atoms with Crippen LogP contribution in [0.5, 0.6) is 11.5 Å². The Kier molecular flexibility index (Phi) is 3.77. The molecule has 1 aromatic heterocycles. The van der Waals surface area contributed by atoms with Crippen molar-refractivity contribution in [3.8, 4) is 11.5 Å². The maximum atomic E-state index is 12.5. The lowest BCUT2D eigenvalue weighted by Gasteiger charge is -2.08. The third-order valence-electron chi connectivity index (χ3n) is 3.19. The van der Waals surface area contributed by atoms with Crippen molar-refractivity contribution in [2.24, 2.45) is 0 Å². The van der Waals surface area contributed by atoms with Crippen LogP contribution in [0.15, 0.2) is 41.2 Å². The zero-order valence-electron chi connectivity index (χ0n) is 11.5. The molecule has 3 aromatic rings. The first-order valence-electron chi connectivity index (χ1n) is 6.51. The van der Waals surface area contributed by atoms with E-state index in [9.17, 15) is 9.90 Å². The zero-order chi connectivity index (χ0) is 14.8. The minimum absolute atomic E-state index is 0.0491. The Bertz CT molecular complexity index is 854. The second-order valence-corrected chi connectivity index (χ2v) is 5.67. The molecule has 1 heterocycles. The summed E-state index contributed by atoms with van der Waals surface area (Å²) in [4.78, 5) is 12.5. The second kappa shape index (κ2) is 5.71. The van der Waals surface area contributed by atoms with E-state index in [1.807, 2.05) is 18.2 Å². The van der Waals surface area contributed by atoms with Gasteiger partial charge in [-0.3, -0.25) is 4.79 Å². The number of phenolic OH excluding ortho intramolecular Hbond substituents is 1. The number of methoxy groups -OCH3 is 1. The van der Waals surface area contributed by atoms with E-state index >= 15 is 0 Å². The lowest BCUT2D eigenvalue weighted by atomic mass is 10.1. The number of ether oxygens (including phenoxy) is 2. The number of hydrogen-bond acceptors (Lipinski definition) is 5. The Morgan fingerprint density at radius 2 is 1.95 bits per heavy atom. The molecule has 0 atom stereocenters. The van der Waals surface area contributed by atoms with Crippen molar-refractivity contribution in [3.05, 3.63) is 46.6 Å². The van der Waals surface area contributed by atoms with Crippen molar-refractivity contribution in [3.63, 3.8) is 0 Å². The number of fused-ring (bicyclic) bond motifs is 2. The Morgan fingerprint density at radius 1 is 1.14 bits per heavy atom. The average molecular weight is 302 g/mol. The summed E-state index contributed by atoms with van der Waals surface area (Å²) in [7, 11) is 1.60. The summed E-state index contributed by atoms with van der Waals surface area (Å²) in [5.41, 5.74) is -0.153. The van der Waals surface area contributed by atoms with Crippen molar-refractivity contribution in [1.82, 2.24) is 0 Å². The molecule has 0 saturated carbocycles. The normalized spacial score (nSPS) is 11.1. The predicted octanol–water partition coefficient (Wildman–Crippen LogP) is 3.15. The van der Waals surface area contributed by atoms with Gasteiger partial charge in [0.25, 0.3) is 0 Å². The Hall–Kier alpha value is -2.11. The van der Waals surface area contributed by atoms with Gasteiger partial charge >= 0.3 is 0 Å². The van der Waals surface area contributed by atoms with Crippen molar-refractivity contribution in [2.75, 3.05) is 20.3 Å². The lowest BCUT2D eigenvalue weighted by Crippen LogP contribution is -2.05. The van der Waals surface area contributed by atoms with Crippen molar-refractivity contribution in [1.29, 1.82) is 0 Å². The van der Waals surface area contributed by atoms with Crippen LogP contribution >= 0.6 is 11.3 Å². The second-order valence-electron chi connectivity index (χ2n) is 4.58. The summed E-state index contributed by atoms with van der Waals surface area (Å²) < 4.78 is 12.0. The van der Waals surface area contributed by atoms with E-state index in [1.54, 1.807) is 19.2 Å². The van der Waals surface area contributed by atoms with Gasteiger partial charge in [-0.2, -0.15) is 0 Å². The number of aromatic hydroxyl groups is 1. The quantitative estimate of drug-likeness (QED) is 0.594. The molecule has 1 N–H and O–H groups in total. The molecule has 0 saturated heterocycles. The molecule has 0 radical (unpaired) electrons. The van der Waals surface area contributed by atoms with Crippen molar-refractivity contribution >= 4 is 31.5 Å². The van der Waals surface area contributed by atoms with Crippen LogP contribution in [0.1, 0.15) is 0 Å².